The molecule has 0 spiro atoms. The maximum Gasteiger partial charge on any atom is 0.262 e. The highest BCUT2D eigenvalue weighted by atomic mass is 35.5. The number of amides is 3. The lowest BCUT2D eigenvalue weighted by molar-refractivity contribution is -0.126. The van der Waals surface area contributed by atoms with Gasteiger partial charge in [0.05, 0.1) is 5.92 Å². The van der Waals surface area contributed by atoms with E-state index in [1.54, 1.807) is 41.3 Å². The third-order valence-electron chi connectivity index (χ3n) is 6.06. The van der Waals surface area contributed by atoms with Crippen molar-refractivity contribution in [3.05, 3.63) is 88.4 Å². The van der Waals surface area contributed by atoms with Gasteiger partial charge in [0, 0.05) is 35.9 Å². The van der Waals surface area contributed by atoms with Crippen LogP contribution in [-0.2, 0) is 20.9 Å². The summed E-state index contributed by atoms with van der Waals surface area (Å²) >= 11 is 6.09. The van der Waals surface area contributed by atoms with Crippen molar-refractivity contribution in [3.63, 3.8) is 0 Å². The summed E-state index contributed by atoms with van der Waals surface area (Å²) < 4.78 is 5.57. The highest BCUT2D eigenvalue weighted by Crippen LogP contribution is 2.27. The average molecular weight is 506 g/mol. The normalized spacial score (nSPS) is 15.0. The van der Waals surface area contributed by atoms with E-state index in [0.29, 0.717) is 35.2 Å². The van der Waals surface area contributed by atoms with Crippen LogP contribution in [0.5, 0.6) is 5.75 Å². The Hall–Kier alpha value is -3.84. The summed E-state index contributed by atoms with van der Waals surface area (Å²) in [6.45, 7) is 4.48. The number of benzene rings is 3. The van der Waals surface area contributed by atoms with E-state index in [2.05, 4.69) is 10.6 Å². The minimum absolute atomic E-state index is 0.102. The first kappa shape index (κ1) is 25.3. The maximum absolute atomic E-state index is 12.6. The van der Waals surface area contributed by atoms with Gasteiger partial charge in [-0.05, 0) is 61.4 Å². The van der Waals surface area contributed by atoms with Gasteiger partial charge in [0.25, 0.3) is 5.91 Å². The number of ether oxygens (including phenoxy) is 1. The Morgan fingerprint density at radius 1 is 1.03 bits per heavy atom. The number of carbonyl (C=O) groups excluding carboxylic acids is 3. The van der Waals surface area contributed by atoms with Gasteiger partial charge in [-0.25, -0.2) is 0 Å². The molecule has 186 valence electrons. The Morgan fingerprint density at radius 2 is 1.75 bits per heavy atom. The van der Waals surface area contributed by atoms with Gasteiger partial charge in [-0.1, -0.05) is 47.5 Å². The predicted molar refractivity (Wildman–Crippen MR) is 140 cm³/mol. The molecule has 0 saturated carbocycles. The van der Waals surface area contributed by atoms with Gasteiger partial charge in [-0.3, -0.25) is 14.4 Å². The molecule has 1 heterocycles. The fourth-order valence-electron chi connectivity index (χ4n) is 3.91. The topological polar surface area (TPSA) is 87.7 Å². The van der Waals surface area contributed by atoms with Crippen molar-refractivity contribution in [3.8, 4) is 5.75 Å². The molecule has 7 nitrogen and oxygen atoms in total. The van der Waals surface area contributed by atoms with Crippen molar-refractivity contribution >= 4 is 40.7 Å². The first-order valence-corrected chi connectivity index (χ1v) is 12.1. The molecule has 1 fully saturated rings. The molecule has 1 aliphatic heterocycles. The first-order chi connectivity index (χ1) is 17.3. The summed E-state index contributed by atoms with van der Waals surface area (Å²) in [5.74, 6) is -0.455. The quantitative estimate of drug-likeness (QED) is 0.466. The highest BCUT2D eigenvalue weighted by Gasteiger charge is 2.35. The zero-order valence-corrected chi connectivity index (χ0v) is 21.0. The summed E-state index contributed by atoms with van der Waals surface area (Å²) in [5, 5.41) is 6.25. The Morgan fingerprint density at radius 3 is 2.44 bits per heavy atom. The van der Waals surface area contributed by atoms with Crippen LogP contribution in [0.3, 0.4) is 0 Å². The molecular weight excluding hydrogens is 478 g/mol. The molecule has 1 atom stereocenters. The van der Waals surface area contributed by atoms with Crippen molar-refractivity contribution in [2.75, 3.05) is 23.4 Å². The number of nitrogens with zero attached hydrogens (tertiary/aromatic N) is 1. The third-order valence-corrected chi connectivity index (χ3v) is 6.46. The number of rotatable bonds is 8. The summed E-state index contributed by atoms with van der Waals surface area (Å²) in [4.78, 5) is 39.0. The predicted octanol–water partition coefficient (Wildman–Crippen LogP) is 4.64. The molecule has 0 bridgehead atoms. The lowest BCUT2D eigenvalue weighted by Crippen LogP contribution is -2.32. The summed E-state index contributed by atoms with van der Waals surface area (Å²) in [6.07, 6.45) is 0.168. The molecule has 0 aliphatic carbocycles. The van der Waals surface area contributed by atoms with Crippen molar-refractivity contribution < 1.29 is 19.1 Å². The van der Waals surface area contributed by atoms with Gasteiger partial charge in [0.2, 0.25) is 11.8 Å². The lowest BCUT2D eigenvalue weighted by Gasteiger charge is -2.17. The van der Waals surface area contributed by atoms with Gasteiger partial charge in [0.15, 0.2) is 6.61 Å². The van der Waals surface area contributed by atoms with Gasteiger partial charge in [0.1, 0.15) is 5.75 Å². The standard InChI is InChI=1S/C28H28ClN3O4/c1-18-3-6-20(7-4-18)15-30-28(35)21-13-27(34)32(16-21)23-9-11-24(12-10-23)36-17-26(33)31-22-8-5-19(2)25(29)14-22/h3-12,14,21H,13,15-17H2,1-2H3,(H,30,35)(H,31,33)/t21-/m1/s1. The zero-order chi connectivity index (χ0) is 25.7. The molecule has 8 heteroatoms. The minimum Gasteiger partial charge on any atom is -0.484 e. The fourth-order valence-corrected chi connectivity index (χ4v) is 4.09. The maximum atomic E-state index is 12.6. The molecular formula is C28H28ClN3O4. The number of hydrogen-bond acceptors (Lipinski definition) is 4. The molecule has 0 unspecified atom stereocenters. The van der Waals surface area contributed by atoms with Crippen LogP contribution in [0.2, 0.25) is 5.02 Å². The molecule has 36 heavy (non-hydrogen) atoms. The highest BCUT2D eigenvalue weighted by molar-refractivity contribution is 6.31. The van der Waals surface area contributed by atoms with Crippen LogP contribution in [0.4, 0.5) is 11.4 Å². The number of aryl methyl sites for hydroxylation is 2. The van der Waals surface area contributed by atoms with Crippen LogP contribution in [-0.4, -0.2) is 30.9 Å². The number of hydrogen-bond donors (Lipinski definition) is 2. The lowest BCUT2D eigenvalue weighted by atomic mass is 10.1. The van der Waals surface area contributed by atoms with E-state index in [9.17, 15) is 14.4 Å². The van der Waals surface area contributed by atoms with Crippen molar-refractivity contribution in [2.45, 2.75) is 26.8 Å². The summed E-state index contributed by atoms with van der Waals surface area (Å²) in [7, 11) is 0. The van der Waals surface area contributed by atoms with E-state index < -0.39 is 5.92 Å². The Kier molecular flexibility index (Phi) is 7.90. The van der Waals surface area contributed by atoms with Gasteiger partial charge in [-0.15, -0.1) is 0 Å². The summed E-state index contributed by atoms with van der Waals surface area (Å²) in [5.41, 5.74) is 4.38. The molecule has 3 amide bonds. The molecule has 3 aromatic rings. The smallest absolute Gasteiger partial charge is 0.262 e. The second-order valence-corrected chi connectivity index (χ2v) is 9.31. The second-order valence-electron chi connectivity index (χ2n) is 8.90. The molecule has 4 rings (SSSR count). The SMILES string of the molecule is Cc1ccc(CNC(=O)[C@@H]2CC(=O)N(c3ccc(OCC(=O)Nc4ccc(C)c(Cl)c4)cc3)C2)cc1. The van der Waals surface area contributed by atoms with Crippen LogP contribution in [0.15, 0.2) is 66.7 Å². The Balaban J connectivity index is 1.26. The minimum atomic E-state index is -0.405. The molecule has 3 aromatic carbocycles. The van der Waals surface area contributed by atoms with Crippen molar-refractivity contribution in [1.29, 1.82) is 0 Å². The Bertz CT molecular complexity index is 1260. The van der Waals surface area contributed by atoms with Gasteiger partial charge >= 0.3 is 0 Å². The van der Waals surface area contributed by atoms with Crippen molar-refractivity contribution in [1.82, 2.24) is 5.32 Å². The van der Waals surface area contributed by atoms with Crippen LogP contribution >= 0.6 is 11.6 Å². The molecule has 0 radical (unpaired) electrons. The van der Waals surface area contributed by atoms with Crippen LogP contribution in [0.1, 0.15) is 23.1 Å². The van der Waals surface area contributed by atoms with E-state index in [0.717, 1.165) is 16.7 Å². The number of halogens is 1. The van der Waals surface area contributed by atoms with Crippen molar-refractivity contribution in [2.24, 2.45) is 5.92 Å². The first-order valence-electron chi connectivity index (χ1n) is 11.7. The van der Waals surface area contributed by atoms with E-state index in [1.807, 2.05) is 44.2 Å². The monoisotopic (exact) mass is 505 g/mol. The van der Waals surface area contributed by atoms with E-state index in [-0.39, 0.29) is 30.7 Å². The Labute approximate surface area is 215 Å². The number of anilines is 2. The molecule has 1 saturated heterocycles. The molecule has 2 N–H and O–H groups in total. The largest absolute Gasteiger partial charge is 0.484 e. The summed E-state index contributed by atoms with van der Waals surface area (Å²) in [6, 6.07) is 20.1. The third kappa shape index (κ3) is 6.43. The molecule has 1 aliphatic rings. The van der Waals surface area contributed by atoms with E-state index >= 15 is 0 Å². The van der Waals surface area contributed by atoms with Gasteiger partial charge in [-0.2, -0.15) is 0 Å². The van der Waals surface area contributed by atoms with Crippen LogP contribution in [0, 0.1) is 19.8 Å². The zero-order valence-electron chi connectivity index (χ0n) is 20.2. The number of nitrogens with one attached hydrogen (secondary N) is 2. The second kappa shape index (κ2) is 11.3. The van der Waals surface area contributed by atoms with Gasteiger partial charge < -0.3 is 20.3 Å². The number of carbonyl (C=O) groups is 3. The molecule has 0 aromatic heterocycles. The fraction of sp³-hybridized carbons (Fsp3) is 0.250. The van der Waals surface area contributed by atoms with E-state index in [1.165, 1.54) is 0 Å². The average Bonchev–Trinajstić information content (AvgIpc) is 3.26. The van der Waals surface area contributed by atoms with E-state index in [4.69, 9.17) is 16.3 Å². The van der Waals surface area contributed by atoms with Crippen LogP contribution < -0.4 is 20.3 Å². The van der Waals surface area contributed by atoms with Crippen LogP contribution in [0.25, 0.3) is 0 Å².